The minimum atomic E-state index is -0.0988. The average molecular weight is 441 g/mol. The van der Waals surface area contributed by atoms with E-state index in [4.69, 9.17) is 6.58 Å². The smallest absolute Gasteiger partial charge is 0.182 e. The molecule has 0 saturated carbocycles. The fourth-order valence-corrected chi connectivity index (χ4v) is 6.25. The summed E-state index contributed by atoms with van der Waals surface area (Å²) in [5.74, 6) is 0.499. The van der Waals surface area contributed by atoms with Crippen LogP contribution in [-0.4, -0.2) is 0 Å². The number of unbranched alkanes of at least 4 members (excludes halogenated alkanes) is 2. The third-order valence-electron chi connectivity index (χ3n) is 8.42. The second kappa shape index (κ2) is 9.09. The quantitative estimate of drug-likeness (QED) is 0.255. The van der Waals surface area contributed by atoms with Gasteiger partial charge >= 0.3 is 0 Å². The number of hydrogen-bond donors (Lipinski definition) is 0. The number of pyridine rings is 1. The molecule has 1 heteroatoms. The highest BCUT2D eigenvalue weighted by molar-refractivity contribution is 5.89. The zero-order chi connectivity index (χ0) is 23.9. The van der Waals surface area contributed by atoms with Gasteiger partial charge in [-0.05, 0) is 67.0 Å². The molecule has 4 rings (SSSR count). The Balaban J connectivity index is 2.09. The van der Waals surface area contributed by atoms with Gasteiger partial charge in [-0.2, -0.15) is 4.57 Å². The van der Waals surface area contributed by atoms with Crippen LogP contribution >= 0.6 is 0 Å². The van der Waals surface area contributed by atoms with Crippen molar-refractivity contribution in [2.75, 3.05) is 0 Å². The Morgan fingerprint density at radius 3 is 2.30 bits per heavy atom. The van der Waals surface area contributed by atoms with E-state index in [1.54, 1.807) is 0 Å². The molecule has 3 aromatic rings. The lowest BCUT2D eigenvalue weighted by molar-refractivity contribution is -0.718. The third-order valence-corrected chi connectivity index (χ3v) is 8.42. The second-order valence-corrected chi connectivity index (χ2v) is 10.4. The monoisotopic (exact) mass is 440 g/mol. The van der Waals surface area contributed by atoms with Gasteiger partial charge in [0.25, 0.3) is 0 Å². The number of hydrogen-bond acceptors (Lipinski definition) is 0. The van der Waals surface area contributed by atoms with Crippen LogP contribution in [0.15, 0.2) is 43.0 Å². The van der Waals surface area contributed by atoms with E-state index in [0.717, 1.165) is 19.3 Å². The molecule has 0 radical (unpaired) electrons. The zero-order valence-electron chi connectivity index (χ0n) is 21.9. The molecule has 0 atom stereocenters. The molecule has 174 valence electrons. The summed E-state index contributed by atoms with van der Waals surface area (Å²) in [6, 6.07) is 14.1. The molecule has 1 aromatic heterocycles. The average Bonchev–Trinajstić information content (AvgIpc) is 2.82. The Morgan fingerprint density at radius 1 is 0.939 bits per heavy atom. The zero-order valence-corrected chi connectivity index (χ0v) is 21.9. The highest BCUT2D eigenvalue weighted by atomic mass is 15.1. The first kappa shape index (κ1) is 23.7. The van der Waals surface area contributed by atoms with Crippen molar-refractivity contribution in [2.45, 2.75) is 98.4 Å². The largest absolute Gasteiger partial charge is 0.214 e. The molecule has 0 aliphatic carbocycles. The lowest BCUT2D eigenvalue weighted by Crippen LogP contribution is -2.60. The highest BCUT2D eigenvalue weighted by Gasteiger charge is 2.48. The molecule has 1 aliphatic rings. The molecule has 0 spiro atoms. The normalized spacial score (nSPS) is 14.6. The van der Waals surface area contributed by atoms with Gasteiger partial charge in [-0.15, -0.1) is 0 Å². The van der Waals surface area contributed by atoms with E-state index in [1.807, 2.05) is 0 Å². The van der Waals surface area contributed by atoms with Gasteiger partial charge in [0.2, 0.25) is 11.2 Å². The standard InChI is InChI=1S/C32H42N/c1-9-12-13-15-25-20-28-30-19-18-27-26(21(4)5)16-14-17-29(27)33(30)32(10-2,11-3)24(8)31(28)23(7)22(25)6/h14,16-21H,8-13,15H2,1-7H3/q+1. The molecule has 0 fully saturated rings. The summed E-state index contributed by atoms with van der Waals surface area (Å²) in [7, 11) is 0. The lowest BCUT2D eigenvalue weighted by Gasteiger charge is -2.37. The van der Waals surface area contributed by atoms with E-state index in [2.05, 4.69) is 89.4 Å². The van der Waals surface area contributed by atoms with Gasteiger partial charge in [0.15, 0.2) is 5.54 Å². The van der Waals surface area contributed by atoms with Crippen LogP contribution in [-0.2, 0) is 12.0 Å². The first-order valence-electron chi connectivity index (χ1n) is 13.1. The topological polar surface area (TPSA) is 3.88 Å². The van der Waals surface area contributed by atoms with Crippen molar-refractivity contribution in [3.05, 3.63) is 70.8 Å². The van der Waals surface area contributed by atoms with Gasteiger partial charge in [0.1, 0.15) is 0 Å². The Bertz CT molecular complexity index is 1210. The van der Waals surface area contributed by atoms with Crippen LogP contribution < -0.4 is 4.57 Å². The van der Waals surface area contributed by atoms with Crippen LogP contribution in [0.4, 0.5) is 0 Å². The van der Waals surface area contributed by atoms with Gasteiger partial charge in [0.05, 0.1) is 5.56 Å². The minimum Gasteiger partial charge on any atom is -0.182 e. The van der Waals surface area contributed by atoms with E-state index < -0.39 is 0 Å². The van der Waals surface area contributed by atoms with Crippen LogP contribution in [0.3, 0.4) is 0 Å². The summed E-state index contributed by atoms with van der Waals surface area (Å²) < 4.78 is 2.66. The summed E-state index contributed by atoms with van der Waals surface area (Å²) in [5, 5.41) is 1.38. The number of aryl methyl sites for hydroxylation is 1. The van der Waals surface area contributed by atoms with Crippen molar-refractivity contribution in [3.8, 4) is 11.3 Å². The van der Waals surface area contributed by atoms with Crippen molar-refractivity contribution in [1.82, 2.24) is 0 Å². The molecule has 0 unspecified atom stereocenters. The van der Waals surface area contributed by atoms with Crippen LogP contribution in [0.25, 0.3) is 27.7 Å². The van der Waals surface area contributed by atoms with Crippen molar-refractivity contribution >= 4 is 16.5 Å². The van der Waals surface area contributed by atoms with Crippen LogP contribution in [0, 0.1) is 13.8 Å². The van der Waals surface area contributed by atoms with Gasteiger partial charge in [-0.1, -0.05) is 66.2 Å². The van der Waals surface area contributed by atoms with E-state index in [0.29, 0.717) is 5.92 Å². The first-order chi connectivity index (χ1) is 15.8. The van der Waals surface area contributed by atoms with E-state index in [-0.39, 0.29) is 5.54 Å². The van der Waals surface area contributed by atoms with Crippen molar-refractivity contribution in [2.24, 2.45) is 0 Å². The number of rotatable bonds is 7. The number of allylic oxidation sites excluding steroid dienone is 1. The molecule has 0 saturated heterocycles. The van der Waals surface area contributed by atoms with Crippen LogP contribution in [0.2, 0.25) is 0 Å². The summed E-state index contributed by atoms with van der Waals surface area (Å²) >= 11 is 0. The molecule has 1 aliphatic heterocycles. The Hall–Kier alpha value is -2.41. The Labute approximate surface area is 201 Å². The van der Waals surface area contributed by atoms with E-state index in [1.165, 1.54) is 74.8 Å². The second-order valence-electron chi connectivity index (χ2n) is 10.4. The van der Waals surface area contributed by atoms with Crippen molar-refractivity contribution in [1.29, 1.82) is 0 Å². The predicted molar refractivity (Wildman–Crippen MR) is 144 cm³/mol. The number of aromatic nitrogens is 1. The van der Waals surface area contributed by atoms with E-state index >= 15 is 0 Å². The maximum atomic E-state index is 4.80. The van der Waals surface area contributed by atoms with Gasteiger partial charge < -0.3 is 0 Å². The SMILES string of the molecule is C=C1c2c(cc(CCCCC)c(C)c2C)-c2ccc3c(C(C)C)cccc3[n+]2C1(CC)CC. The van der Waals surface area contributed by atoms with Gasteiger partial charge in [-0.3, -0.25) is 0 Å². The Morgan fingerprint density at radius 2 is 1.67 bits per heavy atom. The van der Waals surface area contributed by atoms with Crippen molar-refractivity contribution < 1.29 is 4.57 Å². The molecule has 33 heavy (non-hydrogen) atoms. The third kappa shape index (κ3) is 3.56. The summed E-state index contributed by atoms with van der Waals surface area (Å²) in [6.45, 7) is 21.0. The molecule has 2 aromatic carbocycles. The molecule has 0 N–H and O–H groups in total. The maximum Gasteiger partial charge on any atom is 0.214 e. The predicted octanol–water partition coefficient (Wildman–Crippen LogP) is 8.81. The summed E-state index contributed by atoms with van der Waals surface area (Å²) in [4.78, 5) is 0. The fraction of sp³-hybridized carbons (Fsp3) is 0.469. The molecular formula is C32H42N+. The van der Waals surface area contributed by atoms with Gasteiger partial charge in [0, 0.05) is 41.5 Å². The number of benzene rings is 2. The maximum absolute atomic E-state index is 4.80. The summed E-state index contributed by atoms with van der Waals surface area (Å²) in [6.07, 6.45) is 7.07. The van der Waals surface area contributed by atoms with Crippen LogP contribution in [0.1, 0.15) is 100 Å². The molecule has 1 nitrogen and oxygen atoms in total. The molecule has 2 heterocycles. The first-order valence-corrected chi connectivity index (χ1v) is 13.1. The lowest BCUT2D eigenvalue weighted by atomic mass is 9.72. The number of nitrogens with zero attached hydrogens (tertiary/aromatic N) is 1. The fourth-order valence-electron chi connectivity index (χ4n) is 6.25. The van der Waals surface area contributed by atoms with E-state index in [9.17, 15) is 0 Å². The van der Waals surface area contributed by atoms with Gasteiger partial charge in [-0.25, -0.2) is 0 Å². The summed E-state index contributed by atoms with van der Waals surface area (Å²) in [5.41, 5.74) is 12.5. The molecular weight excluding hydrogens is 398 g/mol. The minimum absolute atomic E-state index is 0.0988. The van der Waals surface area contributed by atoms with Crippen molar-refractivity contribution in [3.63, 3.8) is 0 Å². The Kier molecular flexibility index (Phi) is 6.54. The number of fused-ring (bicyclic) bond motifs is 5. The van der Waals surface area contributed by atoms with Crippen LogP contribution in [0.5, 0.6) is 0 Å². The highest BCUT2D eigenvalue weighted by Crippen LogP contribution is 2.47. The molecule has 0 bridgehead atoms. The molecule has 0 amide bonds.